The van der Waals surface area contributed by atoms with E-state index in [-0.39, 0.29) is 17.4 Å². The normalized spacial score (nSPS) is 18.2. The maximum Gasteiger partial charge on any atom is 0.244 e. The van der Waals surface area contributed by atoms with Gasteiger partial charge >= 0.3 is 0 Å². The summed E-state index contributed by atoms with van der Waals surface area (Å²) in [6, 6.07) is 8.31. The summed E-state index contributed by atoms with van der Waals surface area (Å²) in [5, 5.41) is 7.80. The molecule has 0 aliphatic heterocycles. The van der Waals surface area contributed by atoms with E-state index in [2.05, 4.69) is 65.4 Å². The van der Waals surface area contributed by atoms with Crippen LogP contribution in [-0.4, -0.2) is 25.7 Å². The Balaban J connectivity index is 1.60. The molecule has 3 aromatic rings. The second-order valence-corrected chi connectivity index (χ2v) is 8.24. The largest absolute Gasteiger partial charge is 0.346 e. The first kappa shape index (κ1) is 18.2. The minimum absolute atomic E-state index is 0.0585. The van der Waals surface area contributed by atoms with Gasteiger partial charge in [-0.2, -0.15) is 5.10 Å². The van der Waals surface area contributed by atoms with Gasteiger partial charge in [0.15, 0.2) is 0 Å². The molecular weight excluding hydrogens is 350 g/mol. The van der Waals surface area contributed by atoms with Crippen molar-refractivity contribution in [3.05, 3.63) is 71.6 Å². The standard InChI is InChI=1S/C22H25N5O/c1-15-4-7-17(8-5-15)27-20-11-22(2,3)10-19(18(20)13-25-27)26-21(28)9-6-16-12-23-14-24-16/h4-9,12-14,19H,10-11H2,1-3H3,(H,23,24)(H,26,28). The van der Waals surface area contributed by atoms with Crippen LogP contribution in [0.3, 0.4) is 0 Å². The summed E-state index contributed by atoms with van der Waals surface area (Å²) in [6.07, 6.45) is 10.2. The number of imidazole rings is 1. The van der Waals surface area contributed by atoms with Crippen LogP contribution in [0.15, 0.2) is 49.1 Å². The molecule has 0 radical (unpaired) electrons. The van der Waals surface area contributed by atoms with Gasteiger partial charge in [0.25, 0.3) is 0 Å². The zero-order valence-corrected chi connectivity index (χ0v) is 16.4. The molecule has 28 heavy (non-hydrogen) atoms. The Bertz CT molecular complexity index is 996. The lowest BCUT2D eigenvalue weighted by atomic mass is 9.74. The molecule has 1 amide bonds. The molecule has 144 valence electrons. The molecule has 0 spiro atoms. The first-order valence-electron chi connectivity index (χ1n) is 9.52. The van der Waals surface area contributed by atoms with Crippen LogP contribution < -0.4 is 5.32 Å². The Morgan fingerprint density at radius 1 is 1.29 bits per heavy atom. The molecule has 0 fully saturated rings. The molecule has 1 unspecified atom stereocenters. The molecule has 6 nitrogen and oxygen atoms in total. The van der Waals surface area contributed by atoms with Crippen LogP contribution in [0.5, 0.6) is 0 Å². The van der Waals surface area contributed by atoms with Gasteiger partial charge in [-0.3, -0.25) is 4.79 Å². The molecule has 2 aromatic heterocycles. The van der Waals surface area contributed by atoms with Crippen molar-refractivity contribution in [2.45, 2.75) is 39.7 Å². The smallest absolute Gasteiger partial charge is 0.244 e. The van der Waals surface area contributed by atoms with Crippen LogP contribution in [0.2, 0.25) is 0 Å². The first-order valence-corrected chi connectivity index (χ1v) is 9.52. The lowest BCUT2D eigenvalue weighted by molar-refractivity contribution is -0.117. The maximum absolute atomic E-state index is 12.5. The van der Waals surface area contributed by atoms with Gasteiger partial charge in [-0.05, 0) is 43.4 Å². The lowest BCUT2D eigenvalue weighted by Gasteiger charge is -2.35. The van der Waals surface area contributed by atoms with E-state index in [0.29, 0.717) is 0 Å². The van der Waals surface area contributed by atoms with Crippen LogP contribution in [-0.2, 0) is 11.2 Å². The number of aromatic amines is 1. The lowest BCUT2D eigenvalue weighted by Crippen LogP contribution is -2.36. The van der Waals surface area contributed by atoms with Crippen molar-refractivity contribution in [3.8, 4) is 5.69 Å². The number of fused-ring (bicyclic) bond motifs is 1. The summed E-state index contributed by atoms with van der Waals surface area (Å²) in [7, 11) is 0. The van der Waals surface area contributed by atoms with Gasteiger partial charge in [0.05, 0.1) is 41.8 Å². The first-order chi connectivity index (χ1) is 13.4. The van der Waals surface area contributed by atoms with Crippen LogP contribution in [0.1, 0.15) is 48.8 Å². The number of carbonyl (C=O) groups is 1. The monoisotopic (exact) mass is 375 g/mol. The highest BCUT2D eigenvalue weighted by molar-refractivity contribution is 5.91. The van der Waals surface area contributed by atoms with Gasteiger partial charge in [0.1, 0.15) is 0 Å². The Hall–Kier alpha value is -3.15. The minimum atomic E-state index is -0.119. The fraction of sp³-hybridized carbons (Fsp3) is 0.318. The van der Waals surface area contributed by atoms with Crippen molar-refractivity contribution in [2.75, 3.05) is 0 Å². The molecule has 1 aliphatic rings. The summed E-state index contributed by atoms with van der Waals surface area (Å²) in [5.41, 5.74) is 5.41. The number of amides is 1. The highest BCUT2D eigenvalue weighted by Crippen LogP contribution is 2.41. The fourth-order valence-corrected chi connectivity index (χ4v) is 3.82. The number of benzene rings is 1. The molecule has 1 aliphatic carbocycles. The SMILES string of the molecule is Cc1ccc(-n2ncc3c2CC(C)(C)CC3NC(=O)C=Cc2cnc[nH]2)cc1. The van der Waals surface area contributed by atoms with E-state index in [0.717, 1.165) is 29.8 Å². The van der Waals surface area contributed by atoms with E-state index in [1.165, 1.54) is 11.3 Å². The quantitative estimate of drug-likeness (QED) is 0.682. The van der Waals surface area contributed by atoms with Crippen molar-refractivity contribution in [1.82, 2.24) is 25.1 Å². The third kappa shape index (κ3) is 3.76. The average Bonchev–Trinajstić information content (AvgIpc) is 3.29. The summed E-state index contributed by atoms with van der Waals surface area (Å²) < 4.78 is 2.01. The van der Waals surface area contributed by atoms with Crippen LogP contribution >= 0.6 is 0 Å². The molecular formula is C22H25N5O. The molecule has 1 aromatic carbocycles. The van der Waals surface area contributed by atoms with E-state index < -0.39 is 0 Å². The second kappa shape index (κ2) is 7.11. The van der Waals surface area contributed by atoms with Gasteiger partial charge in [0.2, 0.25) is 5.91 Å². The van der Waals surface area contributed by atoms with Gasteiger partial charge < -0.3 is 10.3 Å². The zero-order valence-electron chi connectivity index (χ0n) is 16.4. The average molecular weight is 375 g/mol. The highest BCUT2D eigenvalue weighted by atomic mass is 16.1. The van der Waals surface area contributed by atoms with Gasteiger partial charge in [-0.15, -0.1) is 0 Å². The predicted molar refractivity (Wildman–Crippen MR) is 109 cm³/mol. The van der Waals surface area contributed by atoms with Crippen LogP contribution in [0, 0.1) is 12.3 Å². The maximum atomic E-state index is 12.5. The third-order valence-electron chi connectivity index (χ3n) is 5.21. The van der Waals surface area contributed by atoms with E-state index in [1.54, 1.807) is 24.7 Å². The van der Waals surface area contributed by atoms with E-state index in [4.69, 9.17) is 0 Å². The Kier molecular flexibility index (Phi) is 4.63. The number of rotatable bonds is 4. The minimum Gasteiger partial charge on any atom is -0.346 e. The second-order valence-electron chi connectivity index (χ2n) is 8.24. The Morgan fingerprint density at radius 2 is 2.07 bits per heavy atom. The molecule has 2 heterocycles. The molecule has 0 saturated carbocycles. The van der Waals surface area contributed by atoms with Gasteiger partial charge in [-0.1, -0.05) is 31.5 Å². The fourth-order valence-electron chi connectivity index (χ4n) is 3.82. The molecule has 0 saturated heterocycles. The van der Waals surface area contributed by atoms with Gasteiger partial charge in [0, 0.05) is 11.6 Å². The van der Waals surface area contributed by atoms with E-state index in [1.807, 2.05) is 10.9 Å². The number of aryl methyl sites for hydroxylation is 1. The number of nitrogens with zero attached hydrogens (tertiary/aromatic N) is 3. The van der Waals surface area contributed by atoms with Crippen molar-refractivity contribution in [3.63, 3.8) is 0 Å². The van der Waals surface area contributed by atoms with Crippen molar-refractivity contribution >= 4 is 12.0 Å². The summed E-state index contributed by atoms with van der Waals surface area (Å²) in [5.74, 6) is -0.119. The topological polar surface area (TPSA) is 75.6 Å². The number of hydrogen-bond acceptors (Lipinski definition) is 3. The Labute approximate surface area is 164 Å². The molecule has 1 atom stereocenters. The van der Waals surface area contributed by atoms with Crippen molar-refractivity contribution < 1.29 is 4.79 Å². The molecule has 0 bridgehead atoms. The van der Waals surface area contributed by atoms with E-state index in [9.17, 15) is 4.79 Å². The van der Waals surface area contributed by atoms with Crippen LogP contribution in [0.25, 0.3) is 11.8 Å². The van der Waals surface area contributed by atoms with Crippen molar-refractivity contribution in [2.24, 2.45) is 5.41 Å². The van der Waals surface area contributed by atoms with Crippen LogP contribution in [0.4, 0.5) is 0 Å². The number of hydrogen-bond donors (Lipinski definition) is 2. The Morgan fingerprint density at radius 3 is 2.79 bits per heavy atom. The third-order valence-corrected chi connectivity index (χ3v) is 5.21. The highest BCUT2D eigenvalue weighted by Gasteiger charge is 2.35. The van der Waals surface area contributed by atoms with Gasteiger partial charge in [-0.25, -0.2) is 9.67 Å². The van der Waals surface area contributed by atoms with Crippen molar-refractivity contribution in [1.29, 1.82) is 0 Å². The molecule has 4 rings (SSSR count). The number of H-pyrrole nitrogens is 1. The number of nitrogens with one attached hydrogen (secondary N) is 2. The summed E-state index contributed by atoms with van der Waals surface area (Å²) >= 11 is 0. The number of carbonyl (C=O) groups excluding carboxylic acids is 1. The summed E-state index contributed by atoms with van der Waals surface area (Å²) in [4.78, 5) is 19.4. The van der Waals surface area contributed by atoms with E-state index >= 15 is 0 Å². The predicted octanol–water partition coefficient (Wildman–Crippen LogP) is 3.75. The molecule has 2 N–H and O–H groups in total. The zero-order chi connectivity index (χ0) is 19.7. The molecule has 6 heteroatoms. The number of aromatic nitrogens is 4. The summed E-state index contributed by atoms with van der Waals surface area (Å²) in [6.45, 7) is 6.55.